The molecule has 0 amide bonds. The topological polar surface area (TPSA) is 30.7 Å². The van der Waals surface area contributed by atoms with E-state index >= 15 is 0 Å². The van der Waals surface area contributed by atoms with E-state index in [1.807, 2.05) is 0 Å². The van der Waals surface area contributed by atoms with Crippen LogP contribution < -0.4 is 0 Å². The highest BCUT2D eigenvalue weighted by Crippen LogP contribution is 2.44. The SMILES string of the molecule is c1ccc(-c2ccc(-c3ccc4c(c3)sc3c(-c5ccc6ccccc6c5)nc(-n5c6ccc7ccccc7c6c6c7ccccc7ccc65)nc34)cc2)cc1. The van der Waals surface area contributed by atoms with Crippen LogP contribution in [-0.4, -0.2) is 14.5 Å². The number of nitrogens with zero attached hydrogens (tertiary/aromatic N) is 3. The lowest BCUT2D eigenvalue weighted by molar-refractivity contribution is 1.02. The third-order valence-corrected chi connectivity index (χ3v) is 12.5. The zero-order valence-electron chi connectivity index (χ0n) is 30.1. The van der Waals surface area contributed by atoms with E-state index in [1.165, 1.54) is 70.0 Å². The first kappa shape index (κ1) is 31.2. The molecule has 0 aliphatic heterocycles. The van der Waals surface area contributed by atoms with E-state index in [2.05, 4.69) is 193 Å². The summed E-state index contributed by atoms with van der Waals surface area (Å²) in [6, 6.07) is 67.8. The molecule has 0 saturated carbocycles. The van der Waals surface area contributed by atoms with Crippen LogP contribution in [0.5, 0.6) is 0 Å². The predicted octanol–water partition coefficient (Wildman–Crippen LogP) is 14.4. The van der Waals surface area contributed by atoms with Gasteiger partial charge < -0.3 is 0 Å². The number of hydrogen-bond acceptors (Lipinski definition) is 3. The minimum absolute atomic E-state index is 0.673. The Bertz CT molecular complexity index is 3430. The van der Waals surface area contributed by atoms with Gasteiger partial charge >= 0.3 is 0 Å². The van der Waals surface area contributed by atoms with E-state index < -0.39 is 0 Å². The van der Waals surface area contributed by atoms with Crippen molar-refractivity contribution in [2.24, 2.45) is 0 Å². The number of thiophene rings is 1. The number of benzene rings is 9. The highest BCUT2D eigenvalue weighted by atomic mass is 32.1. The second-order valence-corrected chi connectivity index (χ2v) is 15.6. The number of hydrogen-bond donors (Lipinski definition) is 0. The van der Waals surface area contributed by atoms with Crippen molar-refractivity contribution < 1.29 is 0 Å². The number of rotatable bonds is 4. The molecule has 0 unspecified atom stereocenters. The van der Waals surface area contributed by atoms with Gasteiger partial charge in [-0.05, 0) is 78.8 Å². The van der Waals surface area contributed by atoms with Gasteiger partial charge in [-0.1, -0.05) is 164 Å². The molecule has 4 heteroatoms. The normalized spacial score (nSPS) is 11.9. The van der Waals surface area contributed by atoms with Crippen LogP contribution in [-0.2, 0) is 0 Å². The maximum atomic E-state index is 5.56. The third kappa shape index (κ3) is 4.76. The van der Waals surface area contributed by atoms with Crippen molar-refractivity contribution in [3.63, 3.8) is 0 Å². The third-order valence-electron chi connectivity index (χ3n) is 11.4. The highest BCUT2D eigenvalue weighted by Gasteiger charge is 2.22. The van der Waals surface area contributed by atoms with Crippen LogP contribution in [0.15, 0.2) is 188 Å². The van der Waals surface area contributed by atoms with E-state index in [-0.39, 0.29) is 0 Å². The molecule has 0 spiro atoms. The molecular formula is C52H31N3S. The molecule has 12 rings (SSSR count). The molecule has 0 N–H and O–H groups in total. The molecule has 260 valence electrons. The van der Waals surface area contributed by atoms with Crippen molar-refractivity contribution in [1.82, 2.24) is 14.5 Å². The highest BCUT2D eigenvalue weighted by molar-refractivity contribution is 7.26. The first-order valence-corrected chi connectivity index (χ1v) is 19.8. The van der Waals surface area contributed by atoms with Crippen molar-refractivity contribution in [2.75, 3.05) is 0 Å². The minimum Gasteiger partial charge on any atom is -0.278 e. The average Bonchev–Trinajstić information content (AvgIpc) is 3.82. The molecule has 56 heavy (non-hydrogen) atoms. The molecule has 0 fully saturated rings. The molecular weight excluding hydrogens is 699 g/mol. The number of aromatic nitrogens is 3. The van der Waals surface area contributed by atoms with E-state index in [0.29, 0.717) is 5.95 Å². The van der Waals surface area contributed by atoms with Crippen LogP contribution in [0, 0.1) is 0 Å². The van der Waals surface area contributed by atoms with Gasteiger partial charge in [0.05, 0.1) is 26.9 Å². The van der Waals surface area contributed by atoms with Crippen LogP contribution in [0.25, 0.3) is 114 Å². The van der Waals surface area contributed by atoms with E-state index in [4.69, 9.17) is 9.97 Å². The molecule has 0 saturated heterocycles. The molecule has 3 heterocycles. The Morgan fingerprint density at radius 2 is 0.911 bits per heavy atom. The fourth-order valence-electron chi connectivity index (χ4n) is 8.69. The van der Waals surface area contributed by atoms with E-state index in [9.17, 15) is 0 Å². The van der Waals surface area contributed by atoms with Gasteiger partial charge in [-0.25, -0.2) is 9.97 Å². The first-order valence-electron chi connectivity index (χ1n) is 19.0. The van der Waals surface area contributed by atoms with Crippen molar-refractivity contribution >= 4 is 85.8 Å². The summed E-state index contributed by atoms with van der Waals surface area (Å²) in [5.41, 5.74) is 10.0. The molecule has 0 radical (unpaired) electrons. The summed E-state index contributed by atoms with van der Waals surface area (Å²) in [5, 5.41) is 10.9. The first-order chi connectivity index (χ1) is 27.7. The standard InChI is InChI=1S/C52H31N3S/c1-2-10-32(11-3-1)34-18-20-35(21-19-34)39-24-27-43-46(31-39)56-51-49(40-23-22-33-12-4-5-15-38(33)30-40)53-52(54-50(43)51)55-44-28-25-36-13-6-8-16-41(36)47(44)48-42-17-9-7-14-37(42)26-29-45(48)55/h1-31H. The van der Waals surface area contributed by atoms with Gasteiger partial charge in [0.25, 0.3) is 0 Å². The maximum Gasteiger partial charge on any atom is 0.235 e. The molecule has 3 aromatic heterocycles. The number of fused-ring (bicyclic) bond motifs is 11. The largest absolute Gasteiger partial charge is 0.278 e. The van der Waals surface area contributed by atoms with Gasteiger partial charge in [0, 0.05) is 26.4 Å². The quantitative estimate of drug-likeness (QED) is 0.181. The molecule has 0 aliphatic rings. The molecule has 0 atom stereocenters. The average molecular weight is 730 g/mol. The van der Waals surface area contributed by atoms with Gasteiger partial charge in [-0.15, -0.1) is 11.3 Å². The summed E-state index contributed by atoms with van der Waals surface area (Å²) >= 11 is 1.78. The zero-order valence-corrected chi connectivity index (χ0v) is 31.0. The summed E-state index contributed by atoms with van der Waals surface area (Å²) in [5.74, 6) is 0.673. The Morgan fingerprint density at radius 3 is 1.61 bits per heavy atom. The Balaban J connectivity index is 1.13. The van der Waals surface area contributed by atoms with E-state index in [1.54, 1.807) is 11.3 Å². The van der Waals surface area contributed by atoms with E-state index in [0.717, 1.165) is 37.9 Å². The Kier molecular flexibility index (Phi) is 6.80. The molecule has 0 bridgehead atoms. The van der Waals surface area contributed by atoms with Gasteiger partial charge in [-0.3, -0.25) is 4.57 Å². The van der Waals surface area contributed by atoms with Crippen LogP contribution in [0.3, 0.4) is 0 Å². The van der Waals surface area contributed by atoms with Crippen molar-refractivity contribution in [3.8, 4) is 39.5 Å². The van der Waals surface area contributed by atoms with Crippen LogP contribution >= 0.6 is 11.3 Å². The zero-order chi connectivity index (χ0) is 36.7. The fraction of sp³-hybridized carbons (Fsp3) is 0. The Labute approximate surface area is 326 Å². The lowest BCUT2D eigenvalue weighted by atomic mass is 10.00. The Morgan fingerprint density at radius 1 is 0.375 bits per heavy atom. The van der Waals surface area contributed by atoms with Crippen LogP contribution in [0.4, 0.5) is 0 Å². The smallest absolute Gasteiger partial charge is 0.235 e. The van der Waals surface area contributed by atoms with Gasteiger partial charge in [-0.2, -0.15) is 0 Å². The summed E-state index contributed by atoms with van der Waals surface area (Å²) in [4.78, 5) is 11.1. The predicted molar refractivity (Wildman–Crippen MR) is 238 cm³/mol. The van der Waals surface area contributed by atoms with Crippen molar-refractivity contribution in [1.29, 1.82) is 0 Å². The Hall–Kier alpha value is -7.14. The summed E-state index contributed by atoms with van der Waals surface area (Å²) in [6.07, 6.45) is 0. The van der Waals surface area contributed by atoms with Crippen molar-refractivity contribution in [3.05, 3.63) is 188 Å². The van der Waals surface area contributed by atoms with Crippen molar-refractivity contribution in [2.45, 2.75) is 0 Å². The lowest BCUT2D eigenvalue weighted by Crippen LogP contribution is -2.02. The molecule has 3 nitrogen and oxygen atoms in total. The second kappa shape index (κ2) is 12.2. The summed E-state index contributed by atoms with van der Waals surface area (Å²) in [7, 11) is 0. The molecule has 0 aliphatic carbocycles. The second-order valence-electron chi connectivity index (χ2n) is 14.6. The summed E-state index contributed by atoms with van der Waals surface area (Å²) < 4.78 is 4.57. The lowest BCUT2D eigenvalue weighted by Gasteiger charge is -2.11. The molecule has 9 aromatic carbocycles. The monoisotopic (exact) mass is 729 g/mol. The van der Waals surface area contributed by atoms with Gasteiger partial charge in [0.2, 0.25) is 5.95 Å². The fourth-order valence-corrected chi connectivity index (χ4v) is 9.88. The molecule has 12 aromatic rings. The minimum atomic E-state index is 0.673. The maximum absolute atomic E-state index is 5.56. The van der Waals surface area contributed by atoms with Crippen LogP contribution in [0.1, 0.15) is 0 Å². The van der Waals surface area contributed by atoms with Gasteiger partial charge in [0.15, 0.2) is 0 Å². The van der Waals surface area contributed by atoms with Gasteiger partial charge in [0.1, 0.15) is 0 Å². The summed E-state index contributed by atoms with van der Waals surface area (Å²) in [6.45, 7) is 0. The van der Waals surface area contributed by atoms with Crippen LogP contribution in [0.2, 0.25) is 0 Å².